The van der Waals surface area contributed by atoms with Crippen LogP contribution in [0.3, 0.4) is 0 Å². The molecule has 0 saturated carbocycles. The molecule has 4 heterocycles. The highest BCUT2D eigenvalue weighted by Crippen LogP contribution is 2.41. The lowest BCUT2D eigenvalue weighted by atomic mass is 10.0. The molecule has 18 heteroatoms. The number of hydrogen-bond donors (Lipinski definition) is 3. The van der Waals surface area contributed by atoms with E-state index in [1.54, 1.807) is 6.20 Å². The second kappa shape index (κ2) is 10.2. The smallest absolute Gasteiger partial charge is 0.407 e. The van der Waals surface area contributed by atoms with Crippen molar-refractivity contribution >= 4 is 75.0 Å². The molecule has 2 aliphatic heterocycles. The van der Waals surface area contributed by atoms with Crippen LogP contribution < -0.4 is 11.1 Å². The molecule has 180 valence electrons. The van der Waals surface area contributed by atoms with Crippen molar-refractivity contribution in [3.8, 4) is 0 Å². The number of fused-ring (bicyclic) bond motifs is 1. The Morgan fingerprint density at radius 3 is 2.88 bits per heavy atom. The number of thioether (sulfide) groups is 2. The number of anilines is 1. The predicted molar refractivity (Wildman–Crippen MR) is 120 cm³/mol. The van der Waals surface area contributed by atoms with Crippen LogP contribution in [0.5, 0.6) is 0 Å². The number of nitrogens with two attached hydrogens (primary N) is 1. The van der Waals surface area contributed by atoms with E-state index >= 15 is 0 Å². The molecule has 2 aromatic rings. The third-order valence-electron chi connectivity index (χ3n) is 4.47. The molecular formula is C16H13F2N7O5S4. The van der Waals surface area contributed by atoms with Gasteiger partial charge in [-0.3, -0.25) is 14.5 Å². The zero-order chi connectivity index (χ0) is 24.4. The number of carbonyl (C=O) groups is 3. The minimum absolute atomic E-state index is 0.0667. The summed E-state index contributed by atoms with van der Waals surface area (Å²) in [4.78, 5) is 46.3. The van der Waals surface area contributed by atoms with Crippen LogP contribution in [-0.4, -0.2) is 77.6 Å². The molecular weight excluding hydrogens is 536 g/mol. The number of thiazole rings is 1. The molecule has 4 rings (SSSR count). The summed E-state index contributed by atoms with van der Waals surface area (Å²) < 4.78 is 29.5. The van der Waals surface area contributed by atoms with Gasteiger partial charge in [0, 0.05) is 16.9 Å². The lowest BCUT2D eigenvalue weighted by Gasteiger charge is -2.49. The molecule has 0 spiro atoms. The van der Waals surface area contributed by atoms with E-state index in [4.69, 9.17) is 5.73 Å². The molecule has 1 saturated heterocycles. The summed E-state index contributed by atoms with van der Waals surface area (Å²) in [5.41, 5.74) is 5.22. The van der Waals surface area contributed by atoms with Crippen molar-refractivity contribution < 1.29 is 33.1 Å². The number of carboxylic acids is 1. The first-order chi connectivity index (χ1) is 16.3. The molecule has 1 unspecified atom stereocenters. The van der Waals surface area contributed by atoms with Crippen LogP contribution in [0.4, 0.5) is 13.9 Å². The number of amides is 2. The molecule has 12 nitrogen and oxygen atoms in total. The molecule has 2 aromatic heterocycles. The van der Waals surface area contributed by atoms with Gasteiger partial charge in [-0.1, -0.05) is 9.64 Å². The number of nitrogen functional groups attached to an aromatic ring is 1. The Balaban J connectivity index is 1.50. The largest absolute Gasteiger partial charge is 0.477 e. The number of alkyl halides is 2. The van der Waals surface area contributed by atoms with Crippen LogP contribution in [0.15, 0.2) is 32.2 Å². The molecule has 2 amide bonds. The Labute approximate surface area is 205 Å². The fourth-order valence-electron chi connectivity index (χ4n) is 3.08. The van der Waals surface area contributed by atoms with E-state index in [1.807, 2.05) is 0 Å². The minimum atomic E-state index is -3.28. The first-order valence-electron chi connectivity index (χ1n) is 9.10. The van der Waals surface area contributed by atoms with E-state index in [2.05, 4.69) is 29.9 Å². The van der Waals surface area contributed by atoms with Crippen molar-refractivity contribution in [2.75, 3.05) is 17.2 Å². The first kappa shape index (κ1) is 24.3. The zero-order valence-electron chi connectivity index (χ0n) is 16.6. The summed E-state index contributed by atoms with van der Waals surface area (Å²) in [6.07, 6.45) is 1.56. The number of aliphatic carboxylic acids is 1. The second-order valence-electron chi connectivity index (χ2n) is 6.52. The van der Waals surface area contributed by atoms with Gasteiger partial charge in [-0.2, -0.15) is 8.78 Å². The normalized spacial score (nSPS) is 20.3. The average molecular weight is 550 g/mol. The first-order valence-corrected chi connectivity index (χ1v) is 12.8. The Morgan fingerprint density at radius 2 is 2.26 bits per heavy atom. The van der Waals surface area contributed by atoms with E-state index in [9.17, 15) is 28.3 Å². The van der Waals surface area contributed by atoms with Crippen LogP contribution >= 0.6 is 46.4 Å². The van der Waals surface area contributed by atoms with Crippen LogP contribution in [-0.2, 0) is 19.2 Å². The minimum Gasteiger partial charge on any atom is -0.477 e. The van der Waals surface area contributed by atoms with E-state index < -0.39 is 41.5 Å². The number of carbonyl (C=O) groups excluding carboxylic acids is 2. The van der Waals surface area contributed by atoms with Gasteiger partial charge in [-0.05, 0) is 17.1 Å². The molecule has 1 fully saturated rings. The summed E-state index contributed by atoms with van der Waals surface area (Å²) in [5.74, 6) is -2.30. The monoisotopic (exact) mass is 549 g/mol. The Morgan fingerprint density at radius 1 is 1.47 bits per heavy atom. The Hall–Kier alpha value is -2.83. The van der Waals surface area contributed by atoms with Crippen molar-refractivity contribution in [1.29, 1.82) is 0 Å². The quantitative estimate of drug-likeness (QED) is 0.177. The van der Waals surface area contributed by atoms with Crippen molar-refractivity contribution in [1.82, 2.24) is 24.8 Å². The summed E-state index contributed by atoms with van der Waals surface area (Å²) in [5, 5.41) is 19.7. The number of β-lactam (4-membered cyclic amide) rings is 1. The fraction of sp³-hybridized carbons (Fsp3) is 0.312. The summed E-state index contributed by atoms with van der Waals surface area (Å²) in [6.45, 7) is -3.28. The lowest BCUT2D eigenvalue weighted by molar-refractivity contribution is -0.150. The molecule has 0 aromatic carbocycles. The number of carboxylic acid groups (broad SMARTS) is 1. The van der Waals surface area contributed by atoms with Crippen LogP contribution in [0.25, 0.3) is 0 Å². The summed E-state index contributed by atoms with van der Waals surface area (Å²) in [6, 6.07) is -1.10. The van der Waals surface area contributed by atoms with Crippen molar-refractivity contribution in [3.63, 3.8) is 0 Å². The highest BCUT2D eigenvalue weighted by atomic mass is 32.2. The average Bonchev–Trinajstić information content (AvgIpc) is 3.47. The SMILES string of the molecule is Nc1nc(C(=NOC(F)F)C(=O)NC2C(=O)N3C(C(=O)O)=C(CSc4cnns4)CS[C@H]23)cs1. The second-order valence-corrected chi connectivity index (χ2v) is 10.6. The van der Waals surface area contributed by atoms with Gasteiger partial charge >= 0.3 is 12.6 Å². The number of hydrogen-bond acceptors (Lipinski definition) is 13. The fourth-order valence-corrected chi connectivity index (χ4v) is 6.53. The van der Waals surface area contributed by atoms with E-state index in [0.717, 1.165) is 20.4 Å². The van der Waals surface area contributed by atoms with Gasteiger partial charge in [-0.15, -0.1) is 40.0 Å². The molecule has 4 N–H and O–H groups in total. The van der Waals surface area contributed by atoms with Crippen LogP contribution in [0, 0.1) is 0 Å². The summed E-state index contributed by atoms with van der Waals surface area (Å²) >= 11 is 4.74. The molecule has 0 aliphatic carbocycles. The Kier molecular flexibility index (Phi) is 7.29. The highest BCUT2D eigenvalue weighted by Gasteiger charge is 2.54. The van der Waals surface area contributed by atoms with E-state index in [-0.39, 0.29) is 16.5 Å². The van der Waals surface area contributed by atoms with Gasteiger partial charge in [0.2, 0.25) is 0 Å². The number of nitrogens with one attached hydrogen (secondary N) is 1. The third-order valence-corrected chi connectivity index (χ3v) is 8.40. The van der Waals surface area contributed by atoms with Gasteiger partial charge < -0.3 is 21.0 Å². The number of aromatic nitrogens is 3. The van der Waals surface area contributed by atoms with Gasteiger partial charge in [0.05, 0.1) is 6.20 Å². The van der Waals surface area contributed by atoms with Crippen molar-refractivity contribution in [2.45, 2.75) is 22.2 Å². The molecule has 34 heavy (non-hydrogen) atoms. The van der Waals surface area contributed by atoms with Crippen molar-refractivity contribution in [3.05, 3.63) is 28.5 Å². The lowest BCUT2D eigenvalue weighted by Crippen LogP contribution is -2.71. The zero-order valence-corrected chi connectivity index (χ0v) is 19.8. The summed E-state index contributed by atoms with van der Waals surface area (Å²) in [7, 11) is 0. The van der Waals surface area contributed by atoms with Gasteiger partial charge in [0.25, 0.3) is 11.8 Å². The maximum Gasteiger partial charge on any atom is 0.407 e. The van der Waals surface area contributed by atoms with Crippen LogP contribution in [0.2, 0.25) is 0 Å². The standard InChI is InChI=1S/C16H13F2N7O5S4/c17-15(18)30-23-8(6-4-33-16(19)21-6)11(26)22-9-12(27)25-10(14(28)29)5(3-32-13(9)25)2-31-7-1-20-24-34-7/h1,4,9,13,15H,2-3H2,(H2,19,21)(H,22,26)(H,28,29)/t9?,13-/m1/s1. The number of oxime groups is 1. The molecule has 2 atom stereocenters. The molecule has 2 aliphatic rings. The van der Waals surface area contributed by atoms with E-state index in [0.29, 0.717) is 17.1 Å². The maximum atomic E-state index is 12.8. The number of rotatable bonds is 9. The van der Waals surface area contributed by atoms with Crippen LogP contribution in [0.1, 0.15) is 5.69 Å². The van der Waals surface area contributed by atoms with Gasteiger partial charge in [0.1, 0.15) is 27.0 Å². The molecule has 0 bridgehead atoms. The van der Waals surface area contributed by atoms with Gasteiger partial charge in [0.15, 0.2) is 10.8 Å². The maximum absolute atomic E-state index is 12.8. The number of nitrogens with zero attached hydrogens (tertiary/aromatic N) is 5. The van der Waals surface area contributed by atoms with Gasteiger partial charge in [-0.25, -0.2) is 9.78 Å². The third kappa shape index (κ3) is 4.98. The van der Waals surface area contributed by atoms with E-state index in [1.165, 1.54) is 40.4 Å². The predicted octanol–water partition coefficient (Wildman–Crippen LogP) is 1.05. The highest BCUT2D eigenvalue weighted by molar-refractivity contribution is 8.01. The molecule has 0 radical (unpaired) electrons. The number of halogens is 2. The topological polar surface area (TPSA) is 173 Å². The van der Waals surface area contributed by atoms with Crippen molar-refractivity contribution in [2.24, 2.45) is 5.16 Å². The Bertz CT molecular complexity index is 1170.